The van der Waals surface area contributed by atoms with E-state index < -0.39 is 0 Å². The van der Waals surface area contributed by atoms with Crippen molar-refractivity contribution >= 4 is 11.6 Å². The third-order valence-corrected chi connectivity index (χ3v) is 3.49. The number of rotatable bonds is 5. The fourth-order valence-corrected chi connectivity index (χ4v) is 2.29. The highest BCUT2D eigenvalue weighted by atomic mass is 16.5. The quantitative estimate of drug-likeness (QED) is 0.855. The first-order valence-corrected chi connectivity index (χ1v) is 6.93. The first kappa shape index (κ1) is 14.0. The smallest absolute Gasteiger partial charge is 0.253 e. The normalized spacial score (nSPS) is 22.4. The van der Waals surface area contributed by atoms with E-state index in [1.54, 1.807) is 0 Å². The standard InChI is InChI=1S/C15H22N2O2/c1-3-16-10-12-6-4-5-7-13(12)17-15(18)14-11(2)8-9-19-14/h4-7,11,14,16H,3,8-10H2,1-2H3,(H,17,18). The second kappa shape index (κ2) is 6.68. The monoisotopic (exact) mass is 262 g/mol. The summed E-state index contributed by atoms with van der Waals surface area (Å²) in [5, 5.41) is 6.26. The molecule has 0 aromatic heterocycles. The van der Waals surface area contributed by atoms with Crippen molar-refractivity contribution in [1.29, 1.82) is 0 Å². The van der Waals surface area contributed by atoms with Crippen LogP contribution in [0.15, 0.2) is 24.3 Å². The molecule has 1 saturated heterocycles. The minimum atomic E-state index is -0.313. The fourth-order valence-electron chi connectivity index (χ4n) is 2.29. The predicted molar refractivity (Wildman–Crippen MR) is 76.0 cm³/mol. The summed E-state index contributed by atoms with van der Waals surface area (Å²) >= 11 is 0. The lowest BCUT2D eigenvalue weighted by Gasteiger charge is -2.16. The summed E-state index contributed by atoms with van der Waals surface area (Å²) in [7, 11) is 0. The van der Waals surface area contributed by atoms with E-state index in [0.29, 0.717) is 12.5 Å². The molecule has 1 aliphatic rings. The Morgan fingerprint density at radius 2 is 2.21 bits per heavy atom. The molecule has 2 N–H and O–H groups in total. The van der Waals surface area contributed by atoms with E-state index in [0.717, 1.165) is 30.8 Å². The van der Waals surface area contributed by atoms with Crippen LogP contribution < -0.4 is 10.6 Å². The van der Waals surface area contributed by atoms with Crippen molar-refractivity contribution in [2.45, 2.75) is 32.9 Å². The number of hydrogen-bond acceptors (Lipinski definition) is 3. The summed E-state index contributed by atoms with van der Waals surface area (Å²) in [5.74, 6) is 0.259. The topological polar surface area (TPSA) is 50.4 Å². The number of carbonyl (C=O) groups excluding carboxylic acids is 1. The summed E-state index contributed by atoms with van der Waals surface area (Å²) in [6.07, 6.45) is 0.643. The van der Waals surface area contributed by atoms with Gasteiger partial charge in [0.15, 0.2) is 0 Å². The van der Waals surface area contributed by atoms with Gasteiger partial charge in [0.05, 0.1) is 0 Å². The third-order valence-electron chi connectivity index (χ3n) is 3.49. The molecule has 4 heteroatoms. The molecule has 19 heavy (non-hydrogen) atoms. The summed E-state index contributed by atoms with van der Waals surface area (Å²) in [6, 6.07) is 7.88. The number of amides is 1. The molecule has 0 radical (unpaired) electrons. The highest BCUT2D eigenvalue weighted by Gasteiger charge is 2.31. The first-order chi connectivity index (χ1) is 9.22. The lowest BCUT2D eigenvalue weighted by atomic mass is 10.0. The predicted octanol–water partition coefficient (Wildman–Crippen LogP) is 2.16. The molecule has 0 spiro atoms. The molecule has 1 fully saturated rings. The van der Waals surface area contributed by atoms with E-state index in [1.165, 1.54) is 0 Å². The minimum Gasteiger partial charge on any atom is -0.368 e. The maximum Gasteiger partial charge on any atom is 0.253 e. The summed E-state index contributed by atoms with van der Waals surface area (Å²) < 4.78 is 5.49. The Bertz CT molecular complexity index is 434. The van der Waals surface area contributed by atoms with E-state index in [9.17, 15) is 4.79 Å². The number of hydrogen-bond donors (Lipinski definition) is 2. The molecular formula is C15H22N2O2. The molecule has 2 atom stereocenters. The van der Waals surface area contributed by atoms with Crippen molar-refractivity contribution in [2.75, 3.05) is 18.5 Å². The van der Waals surface area contributed by atoms with Crippen molar-refractivity contribution in [3.8, 4) is 0 Å². The SMILES string of the molecule is CCNCc1ccccc1NC(=O)C1OCCC1C. The third kappa shape index (κ3) is 3.55. The Hall–Kier alpha value is -1.39. The molecule has 1 aromatic carbocycles. The molecule has 1 amide bonds. The number of carbonyl (C=O) groups is 1. The van der Waals surface area contributed by atoms with Gasteiger partial charge in [-0.1, -0.05) is 32.0 Å². The molecule has 1 aromatic rings. The Kier molecular flexibility index (Phi) is 4.93. The molecule has 4 nitrogen and oxygen atoms in total. The van der Waals surface area contributed by atoms with Crippen LogP contribution in [0.3, 0.4) is 0 Å². The van der Waals surface area contributed by atoms with E-state index in [1.807, 2.05) is 24.3 Å². The van der Waals surface area contributed by atoms with Gasteiger partial charge < -0.3 is 15.4 Å². The van der Waals surface area contributed by atoms with Gasteiger partial charge in [-0.3, -0.25) is 4.79 Å². The van der Waals surface area contributed by atoms with Crippen LogP contribution in [0, 0.1) is 5.92 Å². The molecule has 2 rings (SSSR count). The Morgan fingerprint density at radius 1 is 1.42 bits per heavy atom. The van der Waals surface area contributed by atoms with Gasteiger partial charge in [-0.25, -0.2) is 0 Å². The Balaban J connectivity index is 2.03. The number of ether oxygens (including phenoxy) is 1. The summed E-state index contributed by atoms with van der Waals surface area (Å²) in [4.78, 5) is 12.2. The van der Waals surface area contributed by atoms with Crippen molar-refractivity contribution in [3.05, 3.63) is 29.8 Å². The molecule has 1 heterocycles. The van der Waals surface area contributed by atoms with Gasteiger partial charge in [-0.2, -0.15) is 0 Å². The van der Waals surface area contributed by atoms with Gasteiger partial charge in [0, 0.05) is 18.8 Å². The van der Waals surface area contributed by atoms with E-state index in [4.69, 9.17) is 4.74 Å². The fraction of sp³-hybridized carbons (Fsp3) is 0.533. The molecule has 0 saturated carbocycles. The molecular weight excluding hydrogens is 240 g/mol. The van der Waals surface area contributed by atoms with Crippen LogP contribution in [0.2, 0.25) is 0 Å². The Labute approximate surface area is 114 Å². The largest absolute Gasteiger partial charge is 0.368 e. The lowest BCUT2D eigenvalue weighted by Crippen LogP contribution is -2.31. The summed E-state index contributed by atoms with van der Waals surface area (Å²) in [5.41, 5.74) is 1.97. The second-order valence-corrected chi connectivity index (χ2v) is 4.98. The van der Waals surface area contributed by atoms with Gasteiger partial charge in [0.2, 0.25) is 0 Å². The average molecular weight is 262 g/mol. The zero-order chi connectivity index (χ0) is 13.7. The van der Waals surface area contributed by atoms with Crippen LogP contribution in [-0.4, -0.2) is 25.2 Å². The number of nitrogens with one attached hydrogen (secondary N) is 2. The second-order valence-electron chi connectivity index (χ2n) is 4.98. The van der Waals surface area contributed by atoms with Crippen LogP contribution in [0.25, 0.3) is 0 Å². The van der Waals surface area contributed by atoms with Crippen LogP contribution in [0.4, 0.5) is 5.69 Å². The van der Waals surface area contributed by atoms with E-state index >= 15 is 0 Å². The van der Waals surface area contributed by atoms with Gasteiger partial charge in [0.1, 0.15) is 6.10 Å². The van der Waals surface area contributed by atoms with E-state index in [-0.39, 0.29) is 12.0 Å². The lowest BCUT2D eigenvalue weighted by molar-refractivity contribution is -0.126. The maximum atomic E-state index is 12.2. The first-order valence-electron chi connectivity index (χ1n) is 6.93. The van der Waals surface area contributed by atoms with Gasteiger partial charge in [0.25, 0.3) is 5.91 Å². The van der Waals surface area contributed by atoms with Crippen LogP contribution in [0.1, 0.15) is 25.8 Å². The van der Waals surface area contributed by atoms with Crippen molar-refractivity contribution in [3.63, 3.8) is 0 Å². The number of anilines is 1. The van der Waals surface area contributed by atoms with Crippen molar-refractivity contribution in [2.24, 2.45) is 5.92 Å². The van der Waals surface area contributed by atoms with Crippen LogP contribution >= 0.6 is 0 Å². The molecule has 1 aliphatic heterocycles. The summed E-state index contributed by atoms with van der Waals surface area (Å²) in [6.45, 7) is 6.47. The maximum absolute atomic E-state index is 12.2. The molecule has 0 aliphatic carbocycles. The highest BCUT2D eigenvalue weighted by molar-refractivity contribution is 5.95. The van der Waals surface area contributed by atoms with E-state index in [2.05, 4.69) is 24.5 Å². The number of benzene rings is 1. The molecule has 104 valence electrons. The average Bonchev–Trinajstić information content (AvgIpc) is 2.84. The number of para-hydroxylation sites is 1. The minimum absolute atomic E-state index is 0.0334. The van der Waals surface area contributed by atoms with Gasteiger partial charge in [-0.15, -0.1) is 0 Å². The van der Waals surface area contributed by atoms with Crippen molar-refractivity contribution in [1.82, 2.24) is 5.32 Å². The van der Waals surface area contributed by atoms with Crippen LogP contribution in [-0.2, 0) is 16.1 Å². The zero-order valence-electron chi connectivity index (χ0n) is 11.6. The van der Waals surface area contributed by atoms with Gasteiger partial charge >= 0.3 is 0 Å². The van der Waals surface area contributed by atoms with Crippen molar-refractivity contribution < 1.29 is 9.53 Å². The highest BCUT2D eigenvalue weighted by Crippen LogP contribution is 2.22. The molecule has 0 bridgehead atoms. The zero-order valence-corrected chi connectivity index (χ0v) is 11.6. The molecule has 2 unspecified atom stereocenters. The van der Waals surface area contributed by atoms with Gasteiger partial charge in [-0.05, 0) is 30.5 Å². The van der Waals surface area contributed by atoms with Crippen LogP contribution in [0.5, 0.6) is 0 Å². The Morgan fingerprint density at radius 3 is 2.89 bits per heavy atom.